The molecule has 2 aromatic carbocycles. The van der Waals surface area contributed by atoms with Gasteiger partial charge in [-0.3, -0.25) is 10.1 Å². The average molecular weight is 436 g/mol. The van der Waals surface area contributed by atoms with Gasteiger partial charge in [-0.25, -0.2) is 13.2 Å². The summed E-state index contributed by atoms with van der Waals surface area (Å²) in [7, 11) is -2.68. The van der Waals surface area contributed by atoms with E-state index in [9.17, 15) is 23.3 Å². The van der Waals surface area contributed by atoms with Crippen LogP contribution in [0.2, 0.25) is 0 Å². The molecular weight excluding hydrogens is 410 g/mol. The van der Waals surface area contributed by atoms with E-state index in [2.05, 4.69) is 5.32 Å². The third-order valence-electron chi connectivity index (χ3n) is 4.01. The van der Waals surface area contributed by atoms with Gasteiger partial charge in [0.05, 0.1) is 4.92 Å². The molecule has 0 unspecified atom stereocenters. The first-order valence-electron chi connectivity index (χ1n) is 9.14. The quantitative estimate of drug-likeness (QED) is 0.526. The number of para-hydroxylation sites is 1. The molecule has 10 heteroatoms. The highest BCUT2D eigenvalue weighted by Crippen LogP contribution is 2.26. The summed E-state index contributed by atoms with van der Waals surface area (Å²) in [5.41, 5.74) is 0.458. The minimum absolute atomic E-state index is 0.0359. The van der Waals surface area contributed by atoms with Crippen LogP contribution in [0.5, 0.6) is 0 Å². The fourth-order valence-electron chi connectivity index (χ4n) is 2.59. The van der Waals surface area contributed by atoms with E-state index in [1.807, 2.05) is 0 Å². The van der Waals surface area contributed by atoms with Crippen molar-refractivity contribution < 1.29 is 22.9 Å². The van der Waals surface area contributed by atoms with Gasteiger partial charge in [0.15, 0.2) is 4.90 Å². The van der Waals surface area contributed by atoms with Crippen molar-refractivity contribution in [3.05, 3.63) is 69.8 Å². The standard InChI is InChI=1S/C20H25N3O6S/c1-20(2,3)29-19(24)21-13-15-9-11-16(12-10-15)14-22(4)30(27,28)18-8-6-5-7-17(18)23(25)26/h5-12H,13-14H2,1-4H3,(H,21,24). The minimum Gasteiger partial charge on any atom is -0.444 e. The molecular formula is C20H25N3O6S. The average Bonchev–Trinajstić information content (AvgIpc) is 2.66. The topological polar surface area (TPSA) is 119 Å². The van der Waals surface area contributed by atoms with Gasteiger partial charge >= 0.3 is 6.09 Å². The lowest BCUT2D eigenvalue weighted by atomic mass is 10.1. The number of hydrogen-bond acceptors (Lipinski definition) is 6. The summed E-state index contributed by atoms with van der Waals surface area (Å²) in [6, 6.07) is 12.2. The van der Waals surface area contributed by atoms with Crippen LogP contribution in [0.15, 0.2) is 53.4 Å². The van der Waals surface area contributed by atoms with E-state index in [0.29, 0.717) is 5.56 Å². The van der Waals surface area contributed by atoms with Crippen LogP contribution in [0.25, 0.3) is 0 Å². The number of nitrogens with zero attached hydrogens (tertiary/aromatic N) is 2. The Kier molecular flexibility index (Phi) is 7.16. The molecule has 0 saturated carbocycles. The molecule has 0 spiro atoms. The van der Waals surface area contributed by atoms with Gasteiger partial charge in [0, 0.05) is 26.2 Å². The van der Waals surface area contributed by atoms with E-state index in [4.69, 9.17) is 4.74 Å². The minimum atomic E-state index is -4.04. The molecule has 9 nitrogen and oxygen atoms in total. The van der Waals surface area contributed by atoms with Crippen molar-refractivity contribution in [2.24, 2.45) is 0 Å². The first kappa shape index (κ1) is 23.3. The third kappa shape index (κ3) is 6.26. The Morgan fingerprint density at radius 2 is 1.67 bits per heavy atom. The molecule has 0 saturated heterocycles. The van der Waals surface area contributed by atoms with Gasteiger partial charge < -0.3 is 10.1 Å². The fourth-order valence-corrected chi connectivity index (χ4v) is 3.90. The molecule has 0 atom stereocenters. The lowest BCUT2D eigenvalue weighted by molar-refractivity contribution is -0.387. The van der Waals surface area contributed by atoms with Gasteiger partial charge in [-0.1, -0.05) is 36.4 Å². The largest absolute Gasteiger partial charge is 0.444 e. The summed E-state index contributed by atoms with van der Waals surface area (Å²) in [4.78, 5) is 21.8. The summed E-state index contributed by atoms with van der Waals surface area (Å²) in [5.74, 6) is 0. The predicted molar refractivity (Wildman–Crippen MR) is 111 cm³/mol. The SMILES string of the molecule is CN(Cc1ccc(CNC(=O)OC(C)(C)C)cc1)S(=O)(=O)c1ccccc1[N+](=O)[O-]. The molecule has 1 amide bonds. The Morgan fingerprint density at radius 3 is 2.23 bits per heavy atom. The normalized spacial score (nSPS) is 11.9. The fraction of sp³-hybridized carbons (Fsp3) is 0.350. The lowest BCUT2D eigenvalue weighted by Gasteiger charge is -2.20. The zero-order chi connectivity index (χ0) is 22.5. The number of hydrogen-bond donors (Lipinski definition) is 1. The third-order valence-corrected chi connectivity index (χ3v) is 5.86. The van der Waals surface area contributed by atoms with Crippen molar-refractivity contribution in [2.45, 2.75) is 44.4 Å². The Morgan fingerprint density at radius 1 is 1.10 bits per heavy atom. The number of amides is 1. The Bertz CT molecular complexity index is 1010. The molecule has 0 heterocycles. The monoisotopic (exact) mass is 435 g/mol. The molecule has 0 bridgehead atoms. The zero-order valence-corrected chi connectivity index (χ0v) is 18.1. The number of benzene rings is 2. The highest BCUT2D eigenvalue weighted by Gasteiger charge is 2.29. The molecule has 30 heavy (non-hydrogen) atoms. The number of nitrogens with one attached hydrogen (secondary N) is 1. The number of carbonyl (C=O) groups excluding carboxylic acids is 1. The molecule has 0 aliphatic rings. The molecule has 2 aromatic rings. The van der Waals surface area contributed by atoms with E-state index in [0.717, 1.165) is 15.9 Å². The van der Waals surface area contributed by atoms with Crippen LogP contribution < -0.4 is 5.32 Å². The summed E-state index contributed by atoms with van der Waals surface area (Å²) < 4.78 is 31.8. The predicted octanol–water partition coefficient (Wildman–Crippen LogP) is 3.44. The van der Waals surface area contributed by atoms with E-state index < -0.39 is 32.3 Å². The number of nitro groups is 1. The first-order valence-corrected chi connectivity index (χ1v) is 10.6. The number of rotatable bonds is 7. The number of sulfonamides is 1. The summed E-state index contributed by atoms with van der Waals surface area (Å²) >= 11 is 0. The van der Waals surface area contributed by atoms with Crippen LogP contribution in [0, 0.1) is 10.1 Å². The van der Waals surface area contributed by atoms with Crippen molar-refractivity contribution in [1.82, 2.24) is 9.62 Å². The van der Waals surface area contributed by atoms with Gasteiger partial charge in [-0.05, 0) is 38.0 Å². The Hall–Kier alpha value is -2.98. The molecule has 0 radical (unpaired) electrons. The van der Waals surface area contributed by atoms with Crippen molar-refractivity contribution in [3.63, 3.8) is 0 Å². The summed E-state index contributed by atoms with van der Waals surface area (Å²) in [6.07, 6.45) is -0.526. The molecule has 2 rings (SSSR count). The van der Waals surface area contributed by atoms with E-state index in [-0.39, 0.29) is 18.0 Å². The van der Waals surface area contributed by atoms with Gasteiger partial charge in [-0.15, -0.1) is 0 Å². The number of ether oxygens (including phenoxy) is 1. The molecule has 0 aliphatic carbocycles. The molecule has 0 aliphatic heterocycles. The van der Waals surface area contributed by atoms with Gasteiger partial charge in [0.2, 0.25) is 10.0 Å². The van der Waals surface area contributed by atoms with Gasteiger partial charge in [0.1, 0.15) is 5.60 Å². The molecule has 0 aromatic heterocycles. The van der Waals surface area contributed by atoms with Crippen LogP contribution in [-0.2, 0) is 27.8 Å². The van der Waals surface area contributed by atoms with Crippen LogP contribution in [0.1, 0.15) is 31.9 Å². The zero-order valence-electron chi connectivity index (χ0n) is 17.3. The maximum Gasteiger partial charge on any atom is 0.407 e. The second-order valence-electron chi connectivity index (χ2n) is 7.66. The summed E-state index contributed by atoms with van der Waals surface area (Å²) in [6.45, 7) is 5.62. The molecule has 162 valence electrons. The van der Waals surface area contributed by atoms with Gasteiger partial charge in [0.25, 0.3) is 5.69 Å². The van der Waals surface area contributed by atoms with E-state index in [1.165, 1.54) is 25.2 Å². The lowest BCUT2D eigenvalue weighted by Crippen LogP contribution is -2.32. The number of nitro benzene ring substituents is 1. The number of alkyl carbamates (subject to hydrolysis) is 1. The molecule has 1 N–H and O–H groups in total. The maximum absolute atomic E-state index is 12.8. The van der Waals surface area contributed by atoms with Crippen molar-refractivity contribution in [2.75, 3.05) is 7.05 Å². The summed E-state index contributed by atoms with van der Waals surface area (Å²) in [5, 5.41) is 13.8. The van der Waals surface area contributed by atoms with Gasteiger partial charge in [-0.2, -0.15) is 4.31 Å². The Labute approximate surface area is 175 Å². The maximum atomic E-state index is 12.8. The Balaban J connectivity index is 2.05. The van der Waals surface area contributed by atoms with E-state index in [1.54, 1.807) is 45.0 Å². The van der Waals surface area contributed by atoms with Crippen LogP contribution in [0.3, 0.4) is 0 Å². The van der Waals surface area contributed by atoms with Crippen LogP contribution >= 0.6 is 0 Å². The second-order valence-corrected chi connectivity index (χ2v) is 9.67. The smallest absolute Gasteiger partial charge is 0.407 e. The molecule has 0 fully saturated rings. The highest BCUT2D eigenvalue weighted by molar-refractivity contribution is 7.89. The van der Waals surface area contributed by atoms with Crippen molar-refractivity contribution in [1.29, 1.82) is 0 Å². The van der Waals surface area contributed by atoms with E-state index >= 15 is 0 Å². The first-order chi connectivity index (χ1) is 13.9. The van der Waals surface area contributed by atoms with Crippen molar-refractivity contribution >= 4 is 21.8 Å². The second kappa shape index (κ2) is 9.23. The van der Waals surface area contributed by atoms with Crippen LogP contribution in [-0.4, -0.2) is 36.4 Å². The number of carbonyl (C=O) groups is 1. The highest BCUT2D eigenvalue weighted by atomic mass is 32.2. The van der Waals surface area contributed by atoms with Crippen molar-refractivity contribution in [3.8, 4) is 0 Å². The van der Waals surface area contributed by atoms with Crippen LogP contribution in [0.4, 0.5) is 10.5 Å².